The summed E-state index contributed by atoms with van der Waals surface area (Å²) >= 11 is 1.92. The van der Waals surface area contributed by atoms with E-state index in [1.54, 1.807) is 0 Å². The van der Waals surface area contributed by atoms with Gasteiger partial charge in [-0.2, -0.15) is 0 Å². The Labute approximate surface area is 138 Å². The fraction of sp³-hybridized carbons (Fsp3) is 0.579. The van der Waals surface area contributed by atoms with Crippen molar-refractivity contribution in [3.63, 3.8) is 0 Å². The van der Waals surface area contributed by atoms with Crippen LogP contribution in [0.15, 0.2) is 24.4 Å². The van der Waals surface area contributed by atoms with Crippen LogP contribution < -0.4 is 4.72 Å². The van der Waals surface area contributed by atoms with Crippen molar-refractivity contribution in [1.29, 1.82) is 0 Å². The average molecular weight is 317 g/mol. The maximum atomic E-state index is 3.56. The van der Waals surface area contributed by atoms with Gasteiger partial charge in [-0.25, -0.2) is 0 Å². The Balaban J connectivity index is 1.89. The maximum Gasteiger partial charge on any atom is 0.0486 e. The predicted octanol–water partition coefficient (Wildman–Crippen LogP) is 5.32. The third kappa shape index (κ3) is 3.69. The van der Waals surface area contributed by atoms with E-state index in [4.69, 9.17) is 0 Å². The first kappa shape index (κ1) is 15.9. The van der Waals surface area contributed by atoms with E-state index in [0.717, 1.165) is 18.3 Å². The van der Waals surface area contributed by atoms with Gasteiger partial charge in [-0.15, -0.1) is 0 Å². The fourth-order valence-electron chi connectivity index (χ4n) is 2.85. The summed E-state index contributed by atoms with van der Waals surface area (Å²) in [6.07, 6.45) is 5.12. The highest BCUT2D eigenvalue weighted by molar-refractivity contribution is 7.98. The minimum absolute atomic E-state index is 0.582. The smallest absolute Gasteiger partial charge is 0.0486 e. The standard InChI is InChI=1S/C19H28N2S/c1-13(2)11-21-12-16(10-20-22-17-6-7-17)18-8-5-15(14(3)4)9-19(18)21/h5,8-9,12-14,17,20H,6-7,10-11H2,1-4H3. The minimum Gasteiger partial charge on any atom is -0.347 e. The molecule has 1 aromatic heterocycles. The molecule has 1 fully saturated rings. The summed E-state index contributed by atoms with van der Waals surface area (Å²) < 4.78 is 6.01. The molecule has 0 amide bonds. The van der Waals surface area contributed by atoms with Crippen molar-refractivity contribution >= 4 is 22.9 Å². The molecule has 0 saturated heterocycles. The third-order valence-electron chi connectivity index (χ3n) is 4.25. The minimum atomic E-state index is 0.582. The third-order valence-corrected chi connectivity index (χ3v) is 5.37. The van der Waals surface area contributed by atoms with Gasteiger partial charge in [0.25, 0.3) is 0 Å². The predicted molar refractivity (Wildman–Crippen MR) is 98.3 cm³/mol. The van der Waals surface area contributed by atoms with E-state index < -0.39 is 0 Å². The number of hydrogen-bond donors (Lipinski definition) is 1. The summed E-state index contributed by atoms with van der Waals surface area (Å²) in [7, 11) is 0. The SMILES string of the molecule is CC(C)Cn1cc(CNSC2CC2)c2ccc(C(C)C)cc21. The van der Waals surface area contributed by atoms with Gasteiger partial charge in [-0.05, 0) is 41.9 Å². The van der Waals surface area contributed by atoms with E-state index >= 15 is 0 Å². The molecule has 1 N–H and O–H groups in total. The Hall–Kier alpha value is -0.930. The van der Waals surface area contributed by atoms with E-state index in [2.05, 4.69) is 61.4 Å². The molecule has 0 spiro atoms. The van der Waals surface area contributed by atoms with Crippen LogP contribution in [0.2, 0.25) is 0 Å². The molecule has 0 aliphatic heterocycles. The molecule has 0 atom stereocenters. The topological polar surface area (TPSA) is 17.0 Å². The molecule has 1 aromatic carbocycles. The van der Waals surface area contributed by atoms with Crippen LogP contribution in [0.3, 0.4) is 0 Å². The Morgan fingerprint density at radius 3 is 2.64 bits per heavy atom. The van der Waals surface area contributed by atoms with Gasteiger partial charge < -0.3 is 4.57 Å². The van der Waals surface area contributed by atoms with Gasteiger partial charge in [-0.1, -0.05) is 51.8 Å². The highest BCUT2D eigenvalue weighted by Gasteiger charge is 2.21. The summed E-state index contributed by atoms with van der Waals surface area (Å²) in [4.78, 5) is 0. The number of rotatable bonds is 7. The summed E-state index contributed by atoms with van der Waals surface area (Å²) in [6.45, 7) is 11.2. The summed E-state index contributed by atoms with van der Waals surface area (Å²) in [5.41, 5.74) is 4.26. The average Bonchev–Trinajstić information content (AvgIpc) is 3.22. The van der Waals surface area contributed by atoms with Crippen LogP contribution >= 0.6 is 11.9 Å². The molecular formula is C19H28N2S. The molecule has 0 radical (unpaired) electrons. The normalized spacial score (nSPS) is 15.4. The largest absolute Gasteiger partial charge is 0.347 e. The zero-order valence-electron chi connectivity index (χ0n) is 14.2. The van der Waals surface area contributed by atoms with E-state index in [-0.39, 0.29) is 0 Å². The van der Waals surface area contributed by atoms with Gasteiger partial charge in [0.2, 0.25) is 0 Å². The van der Waals surface area contributed by atoms with Crippen molar-refractivity contribution < 1.29 is 0 Å². The second kappa shape index (κ2) is 6.67. The highest BCUT2D eigenvalue weighted by Crippen LogP contribution is 2.33. The molecule has 1 heterocycles. The Morgan fingerprint density at radius 2 is 2.00 bits per heavy atom. The monoisotopic (exact) mass is 316 g/mol. The van der Waals surface area contributed by atoms with Crippen LogP contribution in [-0.4, -0.2) is 9.82 Å². The van der Waals surface area contributed by atoms with E-state index in [0.29, 0.717) is 11.8 Å². The first-order chi connectivity index (χ1) is 10.5. The zero-order chi connectivity index (χ0) is 15.7. The second-order valence-corrected chi connectivity index (χ2v) is 8.46. The van der Waals surface area contributed by atoms with Crippen molar-refractivity contribution in [3.8, 4) is 0 Å². The van der Waals surface area contributed by atoms with Crippen LogP contribution in [0.4, 0.5) is 0 Å². The first-order valence-electron chi connectivity index (χ1n) is 8.54. The Kier molecular flexibility index (Phi) is 4.84. The van der Waals surface area contributed by atoms with Crippen LogP contribution in [0.1, 0.15) is 57.6 Å². The number of hydrogen-bond acceptors (Lipinski definition) is 2. The first-order valence-corrected chi connectivity index (χ1v) is 9.42. The molecule has 3 heteroatoms. The van der Waals surface area contributed by atoms with Gasteiger partial charge >= 0.3 is 0 Å². The van der Waals surface area contributed by atoms with E-state index in [1.165, 1.54) is 34.9 Å². The van der Waals surface area contributed by atoms with Gasteiger partial charge in [0.05, 0.1) is 0 Å². The number of aromatic nitrogens is 1. The molecule has 3 rings (SSSR count). The molecule has 0 unspecified atom stereocenters. The molecule has 2 nitrogen and oxygen atoms in total. The lowest BCUT2D eigenvalue weighted by atomic mass is 10.0. The van der Waals surface area contributed by atoms with Crippen molar-refractivity contribution in [1.82, 2.24) is 9.29 Å². The van der Waals surface area contributed by atoms with Crippen molar-refractivity contribution in [2.45, 2.75) is 64.8 Å². The van der Waals surface area contributed by atoms with Crippen molar-refractivity contribution in [3.05, 3.63) is 35.5 Å². The Bertz CT molecular complexity index is 638. The molecule has 1 aliphatic carbocycles. The number of fused-ring (bicyclic) bond motifs is 1. The van der Waals surface area contributed by atoms with Crippen molar-refractivity contribution in [2.24, 2.45) is 5.92 Å². The number of benzene rings is 1. The van der Waals surface area contributed by atoms with Crippen LogP contribution in [-0.2, 0) is 13.1 Å². The van der Waals surface area contributed by atoms with E-state index in [9.17, 15) is 0 Å². The fourth-order valence-corrected chi connectivity index (χ4v) is 3.70. The number of nitrogens with one attached hydrogen (secondary N) is 1. The molecular weight excluding hydrogens is 288 g/mol. The Morgan fingerprint density at radius 1 is 1.23 bits per heavy atom. The van der Waals surface area contributed by atoms with Gasteiger partial charge in [0, 0.05) is 35.4 Å². The molecule has 2 aromatic rings. The van der Waals surface area contributed by atoms with Crippen LogP contribution in [0.5, 0.6) is 0 Å². The second-order valence-electron chi connectivity index (χ2n) is 7.27. The van der Waals surface area contributed by atoms with Crippen molar-refractivity contribution in [2.75, 3.05) is 0 Å². The van der Waals surface area contributed by atoms with Gasteiger partial charge in [0.1, 0.15) is 0 Å². The lowest BCUT2D eigenvalue weighted by molar-refractivity contribution is 0.534. The van der Waals surface area contributed by atoms with Gasteiger partial charge in [-0.3, -0.25) is 4.72 Å². The number of nitrogens with zero attached hydrogens (tertiary/aromatic N) is 1. The molecule has 120 valence electrons. The summed E-state index contributed by atoms with van der Waals surface area (Å²) in [5.74, 6) is 1.25. The zero-order valence-corrected chi connectivity index (χ0v) is 15.0. The summed E-state index contributed by atoms with van der Waals surface area (Å²) in [6, 6.07) is 7.00. The lowest BCUT2D eigenvalue weighted by Crippen LogP contribution is -2.05. The molecule has 1 aliphatic rings. The molecule has 22 heavy (non-hydrogen) atoms. The maximum absolute atomic E-state index is 3.56. The van der Waals surface area contributed by atoms with Gasteiger partial charge in [0.15, 0.2) is 0 Å². The molecule has 1 saturated carbocycles. The van der Waals surface area contributed by atoms with Crippen LogP contribution in [0.25, 0.3) is 10.9 Å². The highest BCUT2D eigenvalue weighted by atomic mass is 32.2. The lowest BCUT2D eigenvalue weighted by Gasteiger charge is -2.10. The van der Waals surface area contributed by atoms with E-state index in [1.807, 2.05) is 11.9 Å². The quantitative estimate of drug-likeness (QED) is 0.696. The molecule has 0 bridgehead atoms. The summed E-state index contributed by atoms with van der Waals surface area (Å²) in [5, 5.41) is 2.27. The van der Waals surface area contributed by atoms with Crippen LogP contribution in [0, 0.1) is 5.92 Å².